The fourth-order valence-corrected chi connectivity index (χ4v) is 5.19. The lowest BCUT2D eigenvalue weighted by Gasteiger charge is -2.25. The first-order valence-electron chi connectivity index (χ1n) is 13.3. The van der Waals surface area contributed by atoms with Gasteiger partial charge >= 0.3 is 5.97 Å². The van der Waals surface area contributed by atoms with E-state index in [1.807, 2.05) is 18.2 Å². The highest BCUT2D eigenvalue weighted by atomic mass is 16.4. The first-order valence-corrected chi connectivity index (χ1v) is 13.3. The maximum Gasteiger partial charge on any atom is 0.303 e. The molecule has 1 aliphatic carbocycles. The largest absolute Gasteiger partial charge is 0.481 e. The van der Waals surface area contributed by atoms with Crippen molar-refractivity contribution in [3.05, 3.63) is 48.0 Å². The fraction of sp³-hybridized carbons (Fsp3) is 0.655. The number of unbranched alkanes of at least 4 members (excludes halogenated alkanes) is 7. The van der Waals surface area contributed by atoms with Gasteiger partial charge in [0, 0.05) is 12.3 Å². The van der Waals surface area contributed by atoms with Crippen LogP contribution in [0.4, 0.5) is 0 Å². The Hall–Kier alpha value is -2.10. The molecule has 1 unspecified atom stereocenters. The quantitative estimate of drug-likeness (QED) is 0.201. The lowest BCUT2D eigenvalue weighted by Crippen LogP contribution is -2.35. The number of carboxylic acids is 1. The zero-order valence-corrected chi connectivity index (χ0v) is 20.8. The molecule has 4 nitrogen and oxygen atoms in total. The van der Waals surface area contributed by atoms with Gasteiger partial charge in [0.15, 0.2) is 0 Å². The Kier molecular flexibility index (Phi) is 12.9. The number of aliphatic carboxylic acids is 1. The van der Waals surface area contributed by atoms with Gasteiger partial charge in [-0.05, 0) is 62.8 Å². The molecule has 1 saturated carbocycles. The van der Waals surface area contributed by atoms with E-state index in [1.54, 1.807) is 0 Å². The standard InChI is InChI=1S/C29H45NO3/c1-3-4-5-6-7-11-18-25-21-22-27(26(25)19-14-8-9-15-20-28(31)32)29(33)30-23(2)24-16-12-10-13-17-24/h10-13,16-18,23,25-27H,3-9,14-15,19-22H2,1-2H3,(H,30,33)(H,31,32)/t23?,25-,26+,27-/m0/s1. The van der Waals surface area contributed by atoms with E-state index in [0.29, 0.717) is 11.8 Å². The summed E-state index contributed by atoms with van der Waals surface area (Å²) in [5, 5.41) is 12.1. The summed E-state index contributed by atoms with van der Waals surface area (Å²) in [6.45, 7) is 4.30. The second-order valence-electron chi connectivity index (χ2n) is 9.78. The maximum absolute atomic E-state index is 13.2. The van der Waals surface area contributed by atoms with Gasteiger partial charge in [-0.15, -0.1) is 0 Å². The van der Waals surface area contributed by atoms with Crippen molar-refractivity contribution in [2.24, 2.45) is 17.8 Å². The summed E-state index contributed by atoms with van der Waals surface area (Å²) in [4.78, 5) is 24.0. The van der Waals surface area contributed by atoms with E-state index in [0.717, 1.165) is 56.9 Å². The molecule has 0 aliphatic heterocycles. The van der Waals surface area contributed by atoms with Crippen LogP contribution in [0.5, 0.6) is 0 Å². The van der Waals surface area contributed by atoms with Gasteiger partial charge in [0.1, 0.15) is 0 Å². The van der Waals surface area contributed by atoms with Crippen LogP contribution in [0, 0.1) is 17.8 Å². The zero-order valence-electron chi connectivity index (χ0n) is 20.8. The second-order valence-corrected chi connectivity index (χ2v) is 9.78. The van der Waals surface area contributed by atoms with Crippen molar-refractivity contribution in [3.63, 3.8) is 0 Å². The van der Waals surface area contributed by atoms with Crippen LogP contribution < -0.4 is 5.32 Å². The van der Waals surface area contributed by atoms with Crippen LogP contribution in [-0.4, -0.2) is 17.0 Å². The van der Waals surface area contributed by atoms with Crippen LogP contribution in [0.1, 0.15) is 109 Å². The van der Waals surface area contributed by atoms with Gasteiger partial charge in [0.2, 0.25) is 5.91 Å². The molecular formula is C29H45NO3. The molecule has 0 heterocycles. The molecule has 1 aromatic carbocycles. The number of hydrogen-bond donors (Lipinski definition) is 2. The predicted molar refractivity (Wildman–Crippen MR) is 136 cm³/mol. The number of allylic oxidation sites excluding steroid dienone is 2. The average Bonchev–Trinajstić information content (AvgIpc) is 3.21. The van der Waals surface area contributed by atoms with Crippen LogP contribution in [0.3, 0.4) is 0 Å². The zero-order chi connectivity index (χ0) is 23.9. The number of carboxylic acid groups (broad SMARTS) is 1. The monoisotopic (exact) mass is 455 g/mol. The molecule has 1 aromatic rings. The Morgan fingerprint density at radius 3 is 2.48 bits per heavy atom. The van der Waals surface area contributed by atoms with Gasteiger partial charge in [0.05, 0.1) is 6.04 Å². The number of carbonyl (C=O) groups is 2. The number of rotatable bonds is 16. The summed E-state index contributed by atoms with van der Waals surface area (Å²) in [6.07, 6.45) is 18.2. The third-order valence-electron chi connectivity index (χ3n) is 7.16. The molecule has 0 aromatic heterocycles. The maximum atomic E-state index is 13.2. The number of amides is 1. The van der Waals surface area contributed by atoms with Crippen molar-refractivity contribution >= 4 is 11.9 Å². The Morgan fingerprint density at radius 2 is 1.76 bits per heavy atom. The van der Waals surface area contributed by atoms with Gasteiger partial charge in [-0.1, -0.05) is 87.9 Å². The number of hydrogen-bond acceptors (Lipinski definition) is 2. The van der Waals surface area contributed by atoms with E-state index < -0.39 is 5.97 Å². The molecule has 0 saturated heterocycles. The van der Waals surface area contributed by atoms with Crippen molar-refractivity contribution in [1.29, 1.82) is 0 Å². The van der Waals surface area contributed by atoms with Crippen molar-refractivity contribution in [1.82, 2.24) is 5.32 Å². The Bertz CT molecular complexity index is 715. The highest BCUT2D eigenvalue weighted by Crippen LogP contribution is 2.41. The SMILES string of the molecule is CCCCCCC=C[C@H]1CC[C@H](C(=O)NC(C)c2ccccc2)[C@@H]1CCCCCCC(=O)O. The number of carbonyl (C=O) groups excluding carboxylic acids is 1. The van der Waals surface area contributed by atoms with Gasteiger partial charge in [-0.25, -0.2) is 0 Å². The second kappa shape index (κ2) is 15.7. The summed E-state index contributed by atoms with van der Waals surface area (Å²) < 4.78 is 0. The highest BCUT2D eigenvalue weighted by Gasteiger charge is 2.38. The molecule has 1 amide bonds. The van der Waals surface area contributed by atoms with Crippen molar-refractivity contribution in [2.45, 2.75) is 103 Å². The Labute approximate surface area is 201 Å². The van der Waals surface area contributed by atoms with Crippen molar-refractivity contribution in [3.8, 4) is 0 Å². The lowest BCUT2D eigenvalue weighted by molar-refractivity contribution is -0.137. The molecule has 4 atom stereocenters. The van der Waals surface area contributed by atoms with Gasteiger partial charge in [-0.3, -0.25) is 9.59 Å². The highest BCUT2D eigenvalue weighted by molar-refractivity contribution is 5.79. The number of benzene rings is 1. The summed E-state index contributed by atoms with van der Waals surface area (Å²) in [5.41, 5.74) is 1.14. The van der Waals surface area contributed by atoms with Crippen molar-refractivity contribution in [2.75, 3.05) is 0 Å². The lowest BCUT2D eigenvalue weighted by atomic mass is 9.83. The minimum absolute atomic E-state index is 0.0172. The molecule has 0 radical (unpaired) electrons. The first-order chi connectivity index (χ1) is 16.0. The third kappa shape index (κ3) is 10.1. The average molecular weight is 456 g/mol. The van der Waals surface area contributed by atoms with Crippen molar-refractivity contribution < 1.29 is 14.7 Å². The third-order valence-corrected chi connectivity index (χ3v) is 7.16. The van der Waals surface area contributed by atoms with E-state index in [-0.39, 0.29) is 24.3 Å². The Morgan fingerprint density at radius 1 is 1.03 bits per heavy atom. The van der Waals surface area contributed by atoms with E-state index in [9.17, 15) is 9.59 Å². The van der Waals surface area contributed by atoms with Gasteiger partial charge < -0.3 is 10.4 Å². The molecule has 2 N–H and O–H groups in total. The molecule has 1 aliphatic rings. The fourth-order valence-electron chi connectivity index (χ4n) is 5.19. The van der Waals surface area contributed by atoms with Crippen LogP contribution in [0.25, 0.3) is 0 Å². The molecule has 0 bridgehead atoms. The summed E-state index contributed by atoms with van der Waals surface area (Å²) in [7, 11) is 0. The first kappa shape index (κ1) is 27.1. The molecule has 0 spiro atoms. The minimum Gasteiger partial charge on any atom is -0.481 e. The van der Waals surface area contributed by atoms with E-state index in [4.69, 9.17) is 5.11 Å². The topological polar surface area (TPSA) is 66.4 Å². The van der Waals surface area contributed by atoms with Crippen LogP contribution >= 0.6 is 0 Å². The molecule has 1 fully saturated rings. The molecule has 33 heavy (non-hydrogen) atoms. The minimum atomic E-state index is -0.709. The van der Waals surface area contributed by atoms with Gasteiger partial charge in [-0.2, -0.15) is 0 Å². The van der Waals surface area contributed by atoms with Crippen LogP contribution in [-0.2, 0) is 9.59 Å². The summed E-state index contributed by atoms with van der Waals surface area (Å²) >= 11 is 0. The van der Waals surface area contributed by atoms with Gasteiger partial charge in [0.25, 0.3) is 0 Å². The normalized spacial score (nSPS) is 21.3. The molecule has 184 valence electrons. The summed E-state index contributed by atoms with van der Waals surface area (Å²) in [5.74, 6) is 0.433. The van der Waals surface area contributed by atoms with Crippen LogP contribution in [0.15, 0.2) is 42.5 Å². The smallest absolute Gasteiger partial charge is 0.303 e. The van der Waals surface area contributed by atoms with E-state index in [1.165, 1.54) is 25.7 Å². The molecular weight excluding hydrogens is 410 g/mol. The number of nitrogens with one attached hydrogen (secondary N) is 1. The van der Waals surface area contributed by atoms with E-state index in [2.05, 4.69) is 43.4 Å². The molecule has 2 rings (SSSR count). The van der Waals surface area contributed by atoms with E-state index >= 15 is 0 Å². The summed E-state index contributed by atoms with van der Waals surface area (Å²) in [6, 6.07) is 10.2. The van der Waals surface area contributed by atoms with Crippen LogP contribution in [0.2, 0.25) is 0 Å². The molecule has 4 heteroatoms. The predicted octanol–water partition coefficient (Wildman–Crippen LogP) is 7.46. The Balaban J connectivity index is 1.91.